The molecule has 3 rings (SSSR count). The molecular weight excluding hydrogens is 384 g/mol. The molecule has 2 heterocycles. The van der Waals surface area contributed by atoms with Crippen molar-refractivity contribution < 1.29 is 42.7 Å². The minimum Gasteiger partial charge on any atom is -0.455 e. The van der Waals surface area contributed by atoms with Gasteiger partial charge in [0.05, 0.1) is 6.61 Å². The Hall–Kier alpha value is -2.46. The topological polar surface area (TPSA) is 98.8 Å². The summed E-state index contributed by atoms with van der Waals surface area (Å²) in [5.74, 6) is -0.565. The summed E-state index contributed by atoms with van der Waals surface area (Å²) in [4.78, 5) is 23.8. The van der Waals surface area contributed by atoms with Gasteiger partial charge in [-0.05, 0) is 0 Å². The summed E-state index contributed by atoms with van der Waals surface area (Å²) < 4.78 is 38.6. The SMILES string of the molecule is C=CCOC(=O)O[C@H]1[C@@H](OC)O[C@@H]2CO[C@@H](c3ccccc3)O[C@H]2[C@@H]1OC(C)=O. The number of hydrogen-bond donors (Lipinski definition) is 0. The average Bonchev–Trinajstić information content (AvgIpc) is 2.73. The van der Waals surface area contributed by atoms with Crippen molar-refractivity contribution in [2.24, 2.45) is 0 Å². The molecule has 29 heavy (non-hydrogen) atoms. The molecule has 1 aromatic carbocycles. The first kappa shape index (κ1) is 21.3. The predicted molar refractivity (Wildman–Crippen MR) is 97.7 cm³/mol. The van der Waals surface area contributed by atoms with Crippen molar-refractivity contribution >= 4 is 12.1 Å². The summed E-state index contributed by atoms with van der Waals surface area (Å²) in [5, 5.41) is 0. The Balaban J connectivity index is 1.82. The van der Waals surface area contributed by atoms with Crippen LogP contribution < -0.4 is 0 Å². The van der Waals surface area contributed by atoms with Crippen LogP contribution in [0.1, 0.15) is 18.8 Å². The van der Waals surface area contributed by atoms with Gasteiger partial charge in [0, 0.05) is 19.6 Å². The average molecular weight is 408 g/mol. The molecule has 2 aliphatic rings. The van der Waals surface area contributed by atoms with Crippen LogP contribution in [0.25, 0.3) is 0 Å². The molecule has 0 N–H and O–H groups in total. The molecule has 2 aliphatic heterocycles. The third-order valence-electron chi connectivity index (χ3n) is 4.44. The van der Waals surface area contributed by atoms with E-state index in [9.17, 15) is 9.59 Å². The van der Waals surface area contributed by atoms with Crippen LogP contribution in [0.5, 0.6) is 0 Å². The van der Waals surface area contributed by atoms with E-state index >= 15 is 0 Å². The van der Waals surface area contributed by atoms with Gasteiger partial charge in [-0.3, -0.25) is 4.79 Å². The van der Waals surface area contributed by atoms with Gasteiger partial charge in [-0.15, -0.1) is 0 Å². The molecule has 0 amide bonds. The number of fused-ring (bicyclic) bond motifs is 1. The predicted octanol–water partition coefficient (Wildman–Crippen LogP) is 2.11. The lowest BCUT2D eigenvalue weighted by atomic mass is 9.97. The summed E-state index contributed by atoms with van der Waals surface area (Å²) in [6.45, 7) is 4.87. The molecule has 2 saturated heterocycles. The highest BCUT2D eigenvalue weighted by Crippen LogP contribution is 2.36. The first-order valence-corrected chi connectivity index (χ1v) is 9.15. The first-order valence-electron chi connectivity index (χ1n) is 9.15. The number of methoxy groups -OCH3 is 1. The lowest BCUT2D eigenvalue weighted by Gasteiger charge is -2.47. The van der Waals surface area contributed by atoms with Crippen LogP contribution in [0.2, 0.25) is 0 Å². The molecule has 1 aromatic rings. The molecule has 9 nitrogen and oxygen atoms in total. The van der Waals surface area contributed by atoms with E-state index in [0.29, 0.717) is 0 Å². The molecule has 0 spiro atoms. The maximum Gasteiger partial charge on any atom is 0.509 e. The second-order valence-electron chi connectivity index (χ2n) is 6.46. The molecule has 6 atom stereocenters. The van der Waals surface area contributed by atoms with E-state index in [0.717, 1.165) is 5.56 Å². The van der Waals surface area contributed by atoms with Crippen LogP contribution in [0.15, 0.2) is 43.0 Å². The summed E-state index contributed by atoms with van der Waals surface area (Å²) in [7, 11) is 1.39. The molecule has 0 bridgehead atoms. The van der Waals surface area contributed by atoms with E-state index in [1.165, 1.54) is 20.1 Å². The molecular formula is C20H24O9. The first-order chi connectivity index (χ1) is 14.0. The van der Waals surface area contributed by atoms with Crippen LogP contribution in [0, 0.1) is 0 Å². The van der Waals surface area contributed by atoms with E-state index in [-0.39, 0.29) is 13.2 Å². The number of carbonyl (C=O) groups is 2. The highest BCUT2D eigenvalue weighted by atomic mass is 16.8. The molecule has 0 radical (unpaired) electrons. The monoisotopic (exact) mass is 408 g/mol. The molecule has 0 saturated carbocycles. The summed E-state index contributed by atoms with van der Waals surface area (Å²) in [5.41, 5.74) is 0.796. The van der Waals surface area contributed by atoms with E-state index in [2.05, 4.69) is 6.58 Å². The fourth-order valence-corrected chi connectivity index (χ4v) is 3.24. The number of rotatable bonds is 6. The van der Waals surface area contributed by atoms with Crippen LogP contribution in [0.4, 0.5) is 4.79 Å². The van der Waals surface area contributed by atoms with Crippen LogP contribution in [-0.2, 0) is 38.0 Å². The van der Waals surface area contributed by atoms with E-state index < -0.39 is 49.1 Å². The fourth-order valence-electron chi connectivity index (χ4n) is 3.24. The Kier molecular flexibility index (Phi) is 7.21. The highest BCUT2D eigenvalue weighted by Gasteiger charge is 2.54. The minimum absolute atomic E-state index is 0.0330. The van der Waals surface area contributed by atoms with Crippen molar-refractivity contribution in [3.05, 3.63) is 48.6 Å². The zero-order valence-electron chi connectivity index (χ0n) is 16.2. The van der Waals surface area contributed by atoms with Gasteiger partial charge in [-0.2, -0.15) is 0 Å². The van der Waals surface area contributed by atoms with Gasteiger partial charge in [0.1, 0.15) is 18.8 Å². The Bertz CT molecular complexity index is 707. The molecule has 9 heteroatoms. The Morgan fingerprint density at radius 2 is 1.93 bits per heavy atom. The Morgan fingerprint density at radius 1 is 1.17 bits per heavy atom. The molecule has 0 aromatic heterocycles. The largest absolute Gasteiger partial charge is 0.509 e. The zero-order valence-corrected chi connectivity index (χ0v) is 16.2. The van der Waals surface area contributed by atoms with Crippen LogP contribution in [0.3, 0.4) is 0 Å². The van der Waals surface area contributed by atoms with E-state index in [1.807, 2.05) is 30.3 Å². The van der Waals surface area contributed by atoms with E-state index in [1.54, 1.807) is 0 Å². The van der Waals surface area contributed by atoms with Crippen molar-refractivity contribution in [1.29, 1.82) is 0 Å². The highest BCUT2D eigenvalue weighted by molar-refractivity contribution is 5.66. The lowest BCUT2D eigenvalue weighted by molar-refractivity contribution is -0.358. The molecule has 0 unspecified atom stereocenters. The normalized spacial score (nSPS) is 31.2. The summed E-state index contributed by atoms with van der Waals surface area (Å²) >= 11 is 0. The fraction of sp³-hybridized carbons (Fsp3) is 0.500. The third kappa shape index (κ3) is 5.13. The third-order valence-corrected chi connectivity index (χ3v) is 4.44. The standard InChI is InChI=1S/C20H24O9/c1-4-10-24-20(22)29-17-16(26-12(2)21)15-14(27-19(17)23-3)11-25-18(28-15)13-8-6-5-7-9-13/h4-9,14-19H,1,10-11H2,2-3H3/t14-,15-,16+,17-,18-,19+/m1/s1. The molecule has 158 valence electrons. The van der Waals surface area contributed by atoms with Gasteiger partial charge < -0.3 is 33.2 Å². The van der Waals surface area contributed by atoms with Gasteiger partial charge in [-0.25, -0.2) is 4.79 Å². The quantitative estimate of drug-likeness (QED) is 0.518. The maximum atomic E-state index is 12.0. The Morgan fingerprint density at radius 3 is 2.59 bits per heavy atom. The van der Waals surface area contributed by atoms with Crippen molar-refractivity contribution in [2.45, 2.75) is 43.9 Å². The van der Waals surface area contributed by atoms with Gasteiger partial charge >= 0.3 is 12.1 Å². The number of ether oxygens (including phenoxy) is 7. The van der Waals surface area contributed by atoms with Crippen molar-refractivity contribution in [3.8, 4) is 0 Å². The van der Waals surface area contributed by atoms with Gasteiger partial charge in [0.15, 0.2) is 24.8 Å². The van der Waals surface area contributed by atoms with Gasteiger partial charge in [-0.1, -0.05) is 43.0 Å². The van der Waals surface area contributed by atoms with E-state index in [4.69, 9.17) is 33.2 Å². The summed E-state index contributed by atoms with van der Waals surface area (Å²) in [6, 6.07) is 9.31. The number of carbonyl (C=O) groups excluding carboxylic acids is 2. The van der Waals surface area contributed by atoms with Crippen LogP contribution >= 0.6 is 0 Å². The van der Waals surface area contributed by atoms with Crippen molar-refractivity contribution in [3.63, 3.8) is 0 Å². The van der Waals surface area contributed by atoms with Crippen LogP contribution in [-0.4, -0.2) is 63.2 Å². The smallest absolute Gasteiger partial charge is 0.455 e. The minimum atomic E-state index is -1.10. The lowest BCUT2D eigenvalue weighted by Crippen LogP contribution is -2.64. The van der Waals surface area contributed by atoms with Gasteiger partial charge in [0.2, 0.25) is 0 Å². The zero-order chi connectivity index (χ0) is 20.8. The Labute approximate surface area is 168 Å². The van der Waals surface area contributed by atoms with Crippen molar-refractivity contribution in [2.75, 3.05) is 20.3 Å². The van der Waals surface area contributed by atoms with Crippen molar-refractivity contribution in [1.82, 2.24) is 0 Å². The second-order valence-corrected chi connectivity index (χ2v) is 6.46. The van der Waals surface area contributed by atoms with Gasteiger partial charge in [0.25, 0.3) is 0 Å². The number of hydrogen-bond acceptors (Lipinski definition) is 9. The number of benzene rings is 1. The molecule has 2 fully saturated rings. The number of esters is 1. The summed E-state index contributed by atoms with van der Waals surface area (Å²) in [6.07, 6.45) is -4.68. The maximum absolute atomic E-state index is 12.0. The molecule has 0 aliphatic carbocycles. The second kappa shape index (κ2) is 9.84.